The Morgan fingerprint density at radius 1 is 0.690 bits per heavy atom. The van der Waals surface area contributed by atoms with Gasteiger partial charge in [-0.3, -0.25) is 0 Å². The predicted octanol–water partition coefficient (Wildman–Crippen LogP) is 3.93. The number of benzene rings is 3. The maximum absolute atomic E-state index is 9.76. The first kappa shape index (κ1) is 18.3. The normalized spacial score (nSPS) is 10.6. The van der Waals surface area contributed by atoms with Crippen LogP contribution in [0.2, 0.25) is 0 Å². The highest BCUT2D eigenvalue weighted by molar-refractivity contribution is 5.98. The van der Waals surface area contributed by atoms with Gasteiger partial charge in [0.25, 0.3) is 0 Å². The molecular formula is C23H20N4O2. The van der Waals surface area contributed by atoms with E-state index in [1.165, 1.54) is 0 Å². The smallest absolute Gasteiger partial charge is 0.119 e. The summed E-state index contributed by atoms with van der Waals surface area (Å²) in [7, 11) is 0. The minimum atomic E-state index is 0.201. The summed E-state index contributed by atoms with van der Waals surface area (Å²) in [6.45, 7) is 0.536. The van der Waals surface area contributed by atoms with Gasteiger partial charge in [-0.05, 0) is 64.2 Å². The zero-order valence-electron chi connectivity index (χ0n) is 15.6. The number of nitrogen functional groups attached to an aromatic ring is 1. The zero-order valence-corrected chi connectivity index (χ0v) is 15.6. The Bertz CT molecular complexity index is 1070. The predicted molar refractivity (Wildman–Crippen MR) is 113 cm³/mol. The molecule has 29 heavy (non-hydrogen) atoms. The highest BCUT2D eigenvalue weighted by Crippen LogP contribution is 2.35. The topological polar surface area (TPSA) is 97.2 Å². The quantitative estimate of drug-likeness (QED) is 0.358. The molecule has 1 aromatic heterocycles. The summed E-state index contributed by atoms with van der Waals surface area (Å²) in [5.74, 6) is 0.401. The molecule has 1 heterocycles. The van der Waals surface area contributed by atoms with Crippen molar-refractivity contribution in [3.8, 4) is 11.5 Å². The number of anilines is 1. The van der Waals surface area contributed by atoms with Crippen molar-refractivity contribution in [1.29, 1.82) is 0 Å². The van der Waals surface area contributed by atoms with Gasteiger partial charge in [-0.1, -0.05) is 36.4 Å². The first-order valence-electron chi connectivity index (χ1n) is 9.10. The fourth-order valence-electron chi connectivity index (χ4n) is 3.26. The highest BCUT2D eigenvalue weighted by atomic mass is 16.3. The van der Waals surface area contributed by atoms with Crippen molar-refractivity contribution < 1.29 is 10.2 Å². The molecule has 0 spiro atoms. The highest BCUT2D eigenvalue weighted by Gasteiger charge is 2.15. The molecule has 0 unspecified atom stereocenters. The zero-order chi connectivity index (χ0) is 20.2. The lowest BCUT2D eigenvalue weighted by molar-refractivity contribution is 0.475. The second-order valence-corrected chi connectivity index (χ2v) is 6.70. The van der Waals surface area contributed by atoms with Crippen molar-refractivity contribution in [2.24, 2.45) is 0 Å². The molecule has 144 valence electrons. The maximum atomic E-state index is 9.76. The van der Waals surface area contributed by atoms with Gasteiger partial charge in [-0.2, -0.15) is 0 Å². The average molecular weight is 384 g/mol. The molecular weight excluding hydrogens is 364 g/mol. The average Bonchev–Trinajstić information content (AvgIpc) is 3.24. The lowest BCUT2D eigenvalue weighted by Crippen LogP contribution is -2.03. The van der Waals surface area contributed by atoms with Crippen molar-refractivity contribution in [2.45, 2.75) is 6.54 Å². The van der Waals surface area contributed by atoms with E-state index in [4.69, 9.17) is 5.73 Å². The summed E-state index contributed by atoms with van der Waals surface area (Å²) in [6, 6.07) is 21.9. The molecule has 0 aliphatic rings. The van der Waals surface area contributed by atoms with Crippen molar-refractivity contribution in [3.05, 3.63) is 102 Å². The lowest BCUT2D eigenvalue weighted by atomic mass is 9.89. The number of hydrogen-bond donors (Lipinski definition) is 3. The molecule has 6 nitrogen and oxygen atoms in total. The monoisotopic (exact) mass is 384 g/mol. The van der Waals surface area contributed by atoms with Gasteiger partial charge in [0.15, 0.2) is 0 Å². The van der Waals surface area contributed by atoms with Crippen LogP contribution < -0.4 is 5.73 Å². The molecule has 6 heteroatoms. The SMILES string of the molecule is Nc1ccc(C(Cn2cnnc2)=C(c2ccc(O)cc2)c2ccc(O)cc2)cc1. The van der Waals surface area contributed by atoms with Crippen LogP contribution >= 0.6 is 0 Å². The van der Waals surface area contributed by atoms with Crippen molar-refractivity contribution >= 4 is 16.8 Å². The molecule has 0 saturated carbocycles. The summed E-state index contributed by atoms with van der Waals surface area (Å²) in [4.78, 5) is 0. The van der Waals surface area contributed by atoms with Gasteiger partial charge < -0.3 is 20.5 Å². The Balaban J connectivity index is 1.98. The van der Waals surface area contributed by atoms with Gasteiger partial charge in [-0.25, -0.2) is 0 Å². The van der Waals surface area contributed by atoms with E-state index in [9.17, 15) is 10.2 Å². The number of nitrogens with two attached hydrogens (primary N) is 1. The minimum Gasteiger partial charge on any atom is -0.508 e. The van der Waals surface area contributed by atoms with Crippen LogP contribution in [0, 0.1) is 0 Å². The Labute approximate surface area is 168 Å². The number of hydrogen-bond acceptors (Lipinski definition) is 5. The summed E-state index contributed by atoms with van der Waals surface area (Å²) in [5.41, 5.74) is 11.5. The number of phenolic OH excluding ortho intramolecular Hbond substituents is 2. The van der Waals surface area contributed by atoms with Crippen LogP contribution in [0.25, 0.3) is 11.1 Å². The van der Waals surface area contributed by atoms with E-state index < -0.39 is 0 Å². The van der Waals surface area contributed by atoms with E-state index in [1.54, 1.807) is 36.9 Å². The number of rotatable bonds is 5. The molecule has 0 radical (unpaired) electrons. The van der Waals surface area contributed by atoms with E-state index in [1.807, 2.05) is 53.1 Å². The Hall–Kier alpha value is -4.06. The van der Waals surface area contributed by atoms with E-state index in [-0.39, 0.29) is 11.5 Å². The molecule has 0 atom stereocenters. The van der Waals surface area contributed by atoms with Gasteiger partial charge in [0.2, 0.25) is 0 Å². The van der Waals surface area contributed by atoms with Crippen LogP contribution in [0.4, 0.5) is 5.69 Å². The molecule has 0 aliphatic heterocycles. The Morgan fingerprint density at radius 3 is 1.62 bits per heavy atom. The van der Waals surface area contributed by atoms with Crippen LogP contribution in [-0.2, 0) is 6.54 Å². The van der Waals surface area contributed by atoms with Crippen LogP contribution in [0.5, 0.6) is 11.5 Å². The van der Waals surface area contributed by atoms with Gasteiger partial charge in [0.1, 0.15) is 24.2 Å². The third-order valence-electron chi connectivity index (χ3n) is 4.68. The minimum absolute atomic E-state index is 0.201. The first-order chi connectivity index (χ1) is 14.1. The van der Waals surface area contributed by atoms with E-state index in [2.05, 4.69) is 10.2 Å². The third-order valence-corrected chi connectivity index (χ3v) is 4.68. The summed E-state index contributed by atoms with van der Waals surface area (Å²) >= 11 is 0. The first-order valence-corrected chi connectivity index (χ1v) is 9.10. The third kappa shape index (κ3) is 4.11. The van der Waals surface area contributed by atoms with Crippen molar-refractivity contribution in [3.63, 3.8) is 0 Å². The van der Waals surface area contributed by atoms with Gasteiger partial charge in [-0.15, -0.1) is 10.2 Å². The number of aromatic hydroxyl groups is 2. The standard InChI is InChI=1S/C23H20N4O2/c24-19-7-1-16(2-8-19)22(13-27-14-25-26-15-27)23(17-3-9-20(28)10-4-17)18-5-11-21(29)12-6-18/h1-12,14-15,28-29H,13,24H2. The molecule has 4 aromatic rings. The van der Waals surface area contributed by atoms with Crippen LogP contribution in [0.3, 0.4) is 0 Å². The molecule has 0 saturated heterocycles. The van der Waals surface area contributed by atoms with E-state index in [0.717, 1.165) is 27.8 Å². The largest absolute Gasteiger partial charge is 0.508 e. The molecule has 0 fully saturated rings. The van der Waals surface area contributed by atoms with Crippen LogP contribution in [0.1, 0.15) is 16.7 Å². The molecule has 3 aromatic carbocycles. The van der Waals surface area contributed by atoms with Gasteiger partial charge in [0, 0.05) is 5.69 Å². The number of allylic oxidation sites excluding steroid dienone is 1. The molecule has 4 rings (SSSR count). The summed E-state index contributed by atoms with van der Waals surface area (Å²) in [6.07, 6.45) is 3.34. The second-order valence-electron chi connectivity index (χ2n) is 6.70. The maximum Gasteiger partial charge on any atom is 0.119 e. The molecule has 0 aliphatic carbocycles. The lowest BCUT2D eigenvalue weighted by Gasteiger charge is -2.18. The molecule has 4 N–H and O–H groups in total. The van der Waals surface area contributed by atoms with Crippen molar-refractivity contribution in [1.82, 2.24) is 14.8 Å². The molecule has 0 amide bonds. The van der Waals surface area contributed by atoms with E-state index in [0.29, 0.717) is 12.2 Å². The van der Waals surface area contributed by atoms with Gasteiger partial charge >= 0.3 is 0 Å². The summed E-state index contributed by atoms with van der Waals surface area (Å²) in [5, 5.41) is 27.3. The fraction of sp³-hybridized carbons (Fsp3) is 0.0435. The molecule has 0 bridgehead atoms. The van der Waals surface area contributed by atoms with Gasteiger partial charge in [0.05, 0.1) is 6.54 Å². The van der Waals surface area contributed by atoms with Crippen LogP contribution in [-0.4, -0.2) is 25.0 Å². The number of nitrogens with zero attached hydrogens (tertiary/aromatic N) is 3. The van der Waals surface area contributed by atoms with Crippen molar-refractivity contribution in [2.75, 3.05) is 5.73 Å². The Kier molecular flexibility index (Phi) is 4.99. The fourth-order valence-corrected chi connectivity index (χ4v) is 3.26. The number of aromatic nitrogens is 3. The second kappa shape index (κ2) is 7.90. The van der Waals surface area contributed by atoms with E-state index >= 15 is 0 Å². The number of phenols is 2. The Morgan fingerprint density at radius 2 is 1.14 bits per heavy atom. The van der Waals surface area contributed by atoms with Crippen LogP contribution in [0.15, 0.2) is 85.5 Å². The summed E-state index contributed by atoms with van der Waals surface area (Å²) < 4.78 is 1.90.